The fourth-order valence-corrected chi connectivity index (χ4v) is 3.21. The van der Waals surface area contributed by atoms with Crippen molar-refractivity contribution in [3.8, 4) is 0 Å². The highest BCUT2D eigenvalue weighted by molar-refractivity contribution is 8.11. The van der Waals surface area contributed by atoms with Crippen LogP contribution in [0, 0.1) is 0 Å². The molecular formula is C19H19N3S. The Labute approximate surface area is 140 Å². The minimum atomic E-state index is 0.536. The maximum absolute atomic E-state index is 5.96. The minimum absolute atomic E-state index is 0.536. The van der Waals surface area contributed by atoms with Gasteiger partial charge in [0.05, 0.1) is 0 Å². The lowest BCUT2D eigenvalue weighted by molar-refractivity contribution is 0.949. The highest BCUT2D eigenvalue weighted by Gasteiger charge is 2.09. The van der Waals surface area contributed by atoms with Gasteiger partial charge in [0.2, 0.25) is 0 Å². The van der Waals surface area contributed by atoms with Gasteiger partial charge >= 0.3 is 0 Å². The lowest BCUT2D eigenvalue weighted by atomic mass is 10.1. The van der Waals surface area contributed by atoms with E-state index in [0.29, 0.717) is 5.82 Å². The van der Waals surface area contributed by atoms with Gasteiger partial charge in [-0.2, -0.15) is 0 Å². The molecule has 0 aliphatic heterocycles. The van der Waals surface area contributed by atoms with Gasteiger partial charge in [0.1, 0.15) is 11.5 Å². The summed E-state index contributed by atoms with van der Waals surface area (Å²) in [5.41, 5.74) is 10.3. The Morgan fingerprint density at radius 2 is 2.00 bits per heavy atom. The summed E-state index contributed by atoms with van der Waals surface area (Å²) < 4.78 is 1.98. The molecule has 116 valence electrons. The van der Waals surface area contributed by atoms with Gasteiger partial charge in [0.15, 0.2) is 0 Å². The van der Waals surface area contributed by atoms with Crippen LogP contribution in [0.2, 0.25) is 0 Å². The zero-order chi connectivity index (χ0) is 16.4. The van der Waals surface area contributed by atoms with Gasteiger partial charge in [0, 0.05) is 23.5 Å². The zero-order valence-corrected chi connectivity index (χ0v) is 14.1. The van der Waals surface area contributed by atoms with E-state index in [2.05, 4.69) is 42.1 Å². The standard InChI is InChI=1S/C19H19N3S/c1-13(12-23-14(2)15-7-5-4-6-8-15)17-11-18(20)21-19-16(17)9-10-22(19)3/h4-12H,2H2,1,3H3,(H2,20,21)/b13-12+. The number of nitrogens with zero attached hydrogens (tertiary/aromatic N) is 2. The molecule has 0 bridgehead atoms. The Morgan fingerprint density at radius 3 is 2.74 bits per heavy atom. The average Bonchev–Trinajstić information content (AvgIpc) is 2.93. The summed E-state index contributed by atoms with van der Waals surface area (Å²) in [7, 11) is 1.98. The Balaban J connectivity index is 1.91. The van der Waals surface area contributed by atoms with Gasteiger partial charge in [-0.05, 0) is 41.2 Å². The molecule has 2 N–H and O–H groups in total. The molecule has 23 heavy (non-hydrogen) atoms. The lowest BCUT2D eigenvalue weighted by Gasteiger charge is -2.07. The van der Waals surface area contributed by atoms with Crippen molar-refractivity contribution in [2.75, 3.05) is 5.73 Å². The maximum Gasteiger partial charge on any atom is 0.142 e. The van der Waals surface area contributed by atoms with Crippen molar-refractivity contribution in [3.63, 3.8) is 0 Å². The third-order valence-electron chi connectivity index (χ3n) is 3.76. The van der Waals surface area contributed by atoms with Gasteiger partial charge < -0.3 is 10.3 Å². The van der Waals surface area contributed by atoms with Gasteiger partial charge in [0.25, 0.3) is 0 Å². The van der Waals surface area contributed by atoms with Crippen LogP contribution in [0.25, 0.3) is 21.5 Å². The fraction of sp³-hybridized carbons (Fsp3) is 0.105. The number of benzene rings is 1. The Morgan fingerprint density at radius 1 is 1.26 bits per heavy atom. The number of nitrogens with two attached hydrogens (primary N) is 1. The number of rotatable bonds is 4. The molecule has 3 nitrogen and oxygen atoms in total. The second-order valence-electron chi connectivity index (χ2n) is 5.47. The molecule has 0 atom stereocenters. The number of hydrogen-bond donors (Lipinski definition) is 1. The molecular weight excluding hydrogens is 302 g/mol. The number of aromatic nitrogens is 2. The van der Waals surface area contributed by atoms with Crippen LogP contribution in [0.5, 0.6) is 0 Å². The number of nitrogen functional groups attached to an aromatic ring is 1. The molecule has 0 radical (unpaired) electrons. The topological polar surface area (TPSA) is 43.8 Å². The molecule has 2 aromatic heterocycles. The highest BCUT2D eigenvalue weighted by atomic mass is 32.2. The molecule has 0 saturated heterocycles. The molecule has 0 aliphatic carbocycles. The van der Waals surface area contributed by atoms with Crippen molar-refractivity contribution in [1.29, 1.82) is 0 Å². The second-order valence-corrected chi connectivity index (χ2v) is 6.43. The number of hydrogen-bond acceptors (Lipinski definition) is 3. The monoisotopic (exact) mass is 321 g/mol. The predicted octanol–water partition coefficient (Wildman–Crippen LogP) is 4.92. The van der Waals surface area contributed by atoms with Crippen LogP contribution >= 0.6 is 11.8 Å². The quantitative estimate of drug-likeness (QED) is 0.741. The summed E-state index contributed by atoms with van der Waals surface area (Å²) >= 11 is 1.63. The number of fused-ring (bicyclic) bond motifs is 1. The third-order valence-corrected chi connectivity index (χ3v) is 4.75. The van der Waals surface area contributed by atoms with E-state index in [0.717, 1.165) is 32.6 Å². The first-order valence-electron chi connectivity index (χ1n) is 7.36. The molecule has 0 saturated carbocycles. The number of aryl methyl sites for hydroxylation is 1. The molecule has 2 heterocycles. The summed E-state index contributed by atoms with van der Waals surface area (Å²) in [6.07, 6.45) is 2.00. The Bertz CT molecular complexity index is 892. The first kappa shape index (κ1) is 15.4. The van der Waals surface area contributed by atoms with Crippen molar-refractivity contribution in [3.05, 3.63) is 71.8 Å². The average molecular weight is 321 g/mol. The minimum Gasteiger partial charge on any atom is -0.384 e. The largest absolute Gasteiger partial charge is 0.384 e. The van der Waals surface area contributed by atoms with Gasteiger partial charge in [-0.25, -0.2) is 4.98 Å². The van der Waals surface area contributed by atoms with Crippen LogP contribution in [-0.2, 0) is 7.05 Å². The molecule has 4 heteroatoms. The summed E-state index contributed by atoms with van der Waals surface area (Å²) in [6.45, 7) is 6.24. The van der Waals surface area contributed by atoms with Gasteiger partial charge in [-0.3, -0.25) is 0 Å². The Hall–Kier alpha value is -2.46. The summed E-state index contributed by atoms with van der Waals surface area (Å²) in [4.78, 5) is 5.43. The number of pyridine rings is 1. The van der Waals surface area contributed by atoms with Crippen LogP contribution in [-0.4, -0.2) is 9.55 Å². The Kier molecular flexibility index (Phi) is 4.26. The van der Waals surface area contributed by atoms with Crippen LogP contribution in [0.3, 0.4) is 0 Å². The van der Waals surface area contributed by atoms with E-state index in [1.54, 1.807) is 11.8 Å². The van der Waals surface area contributed by atoms with Crippen molar-refractivity contribution < 1.29 is 0 Å². The van der Waals surface area contributed by atoms with E-state index in [4.69, 9.17) is 5.73 Å². The summed E-state index contributed by atoms with van der Waals surface area (Å²) in [5, 5.41) is 3.23. The predicted molar refractivity (Wildman–Crippen MR) is 102 cm³/mol. The SMILES string of the molecule is C=C(S/C=C(\C)c1cc(N)nc2c1ccn2C)c1ccccc1. The van der Waals surface area contributed by atoms with Crippen LogP contribution in [0.15, 0.2) is 60.6 Å². The summed E-state index contributed by atoms with van der Waals surface area (Å²) in [6, 6.07) is 14.2. The molecule has 0 amide bonds. The number of thioether (sulfide) groups is 1. The fourth-order valence-electron chi connectivity index (χ4n) is 2.49. The second kappa shape index (κ2) is 6.34. The van der Waals surface area contributed by atoms with Crippen LogP contribution in [0.1, 0.15) is 18.1 Å². The molecule has 1 aromatic carbocycles. The van der Waals surface area contributed by atoms with E-state index in [1.807, 2.05) is 42.1 Å². The normalized spacial score (nSPS) is 11.8. The van der Waals surface area contributed by atoms with Gasteiger partial charge in [-0.15, -0.1) is 0 Å². The molecule has 3 rings (SSSR count). The smallest absolute Gasteiger partial charge is 0.142 e. The van der Waals surface area contributed by atoms with Gasteiger partial charge in [-0.1, -0.05) is 48.7 Å². The van der Waals surface area contributed by atoms with Crippen molar-refractivity contribution in [1.82, 2.24) is 9.55 Å². The lowest BCUT2D eigenvalue weighted by Crippen LogP contribution is -1.96. The first-order valence-corrected chi connectivity index (χ1v) is 8.24. The van der Waals surface area contributed by atoms with E-state index < -0.39 is 0 Å². The van der Waals surface area contributed by atoms with Crippen molar-refractivity contribution in [2.24, 2.45) is 7.05 Å². The number of allylic oxidation sites excluding steroid dienone is 1. The van der Waals surface area contributed by atoms with E-state index in [-0.39, 0.29) is 0 Å². The van der Waals surface area contributed by atoms with E-state index in [1.165, 1.54) is 0 Å². The van der Waals surface area contributed by atoms with Crippen molar-refractivity contribution in [2.45, 2.75) is 6.92 Å². The third kappa shape index (κ3) is 3.17. The summed E-state index contributed by atoms with van der Waals surface area (Å²) in [5.74, 6) is 0.536. The highest BCUT2D eigenvalue weighted by Crippen LogP contribution is 2.32. The molecule has 0 fully saturated rings. The van der Waals surface area contributed by atoms with Crippen molar-refractivity contribution >= 4 is 39.1 Å². The number of anilines is 1. The molecule has 0 spiro atoms. The van der Waals surface area contributed by atoms with Crippen LogP contribution < -0.4 is 5.73 Å². The van der Waals surface area contributed by atoms with E-state index >= 15 is 0 Å². The molecule has 3 aromatic rings. The molecule has 0 aliphatic rings. The van der Waals surface area contributed by atoms with Crippen LogP contribution in [0.4, 0.5) is 5.82 Å². The molecule has 0 unspecified atom stereocenters. The maximum atomic E-state index is 5.96. The first-order chi connectivity index (χ1) is 11.1. The zero-order valence-electron chi connectivity index (χ0n) is 13.3. The van der Waals surface area contributed by atoms with E-state index in [9.17, 15) is 0 Å².